The predicted octanol–water partition coefficient (Wildman–Crippen LogP) is 5.03. The number of aromatic nitrogens is 3. The molecule has 0 aromatic carbocycles. The van der Waals surface area contributed by atoms with Gasteiger partial charge in [0.15, 0.2) is 5.76 Å². The van der Waals surface area contributed by atoms with Crippen molar-refractivity contribution in [3.05, 3.63) is 58.0 Å². The molecule has 4 nitrogen and oxygen atoms in total. The van der Waals surface area contributed by atoms with Gasteiger partial charge in [-0.1, -0.05) is 22.8 Å². The Balaban J connectivity index is 1.53. The first-order chi connectivity index (χ1) is 10.8. The molecule has 0 spiro atoms. The predicted molar refractivity (Wildman–Crippen MR) is 89.5 cm³/mol. The fourth-order valence-corrected chi connectivity index (χ4v) is 3.80. The van der Waals surface area contributed by atoms with Crippen molar-refractivity contribution in [3.8, 4) is 21.2 Å². The number of rotatable bonds is 4. The van der Waals surface area contributed by atoms with Crippen LogP contribution in [0, 0.1) is 0 Å². The Morgan fingerprint density at radius 1 is 1.18 bits per heavy atom. The van der Waals surface area contributed by atoms with Crippen LogP contribution in [0.5, 0.6) is 0 Å². The molecule has 22 heavy (non-hydrogen) atoms. The number of hydrogen-bond acceptors (Lipinski definition) is 5. The molecule has 0 atom stereocenters. The van der Waals surface area contributed by atoms with Gasteiger partial charge in [0.2, 0.25) is 0 Å². The number of thiophene rings is 2. The zero-order valence-electron chi connectivity index (χ0n) is 11.3. The third kappa shape index (κ3) is 2.72. The van der Waals surface area contributed by atoms with Gasteiger partial charge in [-0.25, -0.2) is 0 Å². The van der Waals surface area contributed by atoms with Crippen molar-refractivity contribution in [2.45, 2.75) is 6.54 Å². The van der Waals surface area contributed by atoms with Gasteiger partial charge in [0, 0.05) is 12.3 Å². The average molecular weight is 348 g/mol. The third-order valence-electron chi connectivity index (χ3n) is 3.11. The maximum Gasteiger partial charge on any atom is 0.177 e. The highest BCUT2D eigenvalue weighted by Gasteiger charge is 2.10. The van der Waals surface area contributed by atoms with Gasteiger partial charge in [-0.05, 0) is 29.6 Å². The lowest BCUT2D eigenvalue weighted by molar-refractivity contribution is 0.420. The second-order valence-electron chi connectivity index (χ2n) is 4.66. The Labute approximate surface area is 139 Å². The molecular weight excluding hydrogens is 338 g/mol. The zero-order chi connectivity index (χ0) is 14.9. The lowest BCUT2D eigenvalue weighted by atomic mass is 10.3. The summed E-state index contributed by atoms with van der Waals surface area (Å²) in [4.78, 5) is 2.14. The van der Waals surface area contributed by atoms with E-state index in [1.165, 1.54) is 11.3 Å². The van der Waals surface area contributed by atoms with Gasteiger partial charge in [-0.15, -0.1) is 22.7 Å². The Bertz CT molecular complexity index is 892. The maximum atomic E-state index is 5.94. The van der Waals surface area contributed by atoms with Crippen molar-refractivity contribution in [1.29, 1.82) is 0 Å². The van der Waals surface area contributed by atoms with E-state index in [4.69, 9.17) is 16.1 Å². The molecule has 0 radical (unpaired) electrons. The first-order valence-corrected chi connectivity index (χ1v) is 8.64. The minimum absolute atomic E-state index is 0.577. The van der Waals surface area contributed by atoms with Gasteiger partial charge in [0.25, 0.3) is 0 Å². The van der Waals surface area contributed by atoms with Gasteiger partial charge in [0.05, 0.1) is 20.6 Å². The van der Waals surface area contributed by atoms with E-state index in [0.29, 0.717) is 6.54 Å². The Kier molecular flexibility index (Phi) is 3.57. The Hall–Kier alpha value is -1.89. The van der Waals surface area contributed by atoms with E-state index in [9.17, 15) is 0 Å². The summed E-state index contributed by atoms with van der Waals surface area (Å²) >= 11 is 9.09. The molecule has 0 aliphatic heterocycles. The molecule has 0 aliphatic rings. The molecule has 0 aliphatic carbocycles. The molecular formula is C15H10ClN3OS2. The summed E-state index contributed by atoms with van der Waals surface area (Å²) < 4.78 is 7.97. The molecule has 0 fully saturated rings. The average Bonchev–Trinajstić information content (AvgIpc) is 3.26. The smallest absolute Gasteiger partial charge is 0.177 e. The van der Waals surface area contributed by atoms with Gasteiger partial charge >= 0.3 is 0 Å². The van der Waals surface area contributed by atoms with Crippen LogP contribution in [-0.4, -0.2) is 14.9 Å². The minimum atomic E-state index is 0.577. The topological polar surface area (TPSA) is 43.9 Å². The summed E-state index contributed by atoms with van der Waals surface area (Å²) in [7, 11) is 0. The van der Waals surface area contributed by atoms with Crippen LogP contribution >= 0.6 is 34.3 Å². The first-order valence-electron chi connectivity index (χ1n) is 6.56. The largest absolute Gasteiger partial charge is 0.355 e. The zero-order valence-corrected chi connectivity index (χ0v) is 13.7. The molecule has 110 valence electrons. The van der Waals surface area contributed by atoms with Crippen molar-refractivity contribution in [2.75, 3.05) is 0 Å². The van der Waals surface area contributed by atoms with E-state index in [0.717, 1.165) is 31.2 Å². The summed E-state index contributed by atoms with van der Waals surface area (Å²) in [6, 6.07) is 11.8. The van der Waals surface area contributed by atoms with E-state index in [2.05, 4.69) is 16.3 Å². The number of nitrogens with zero attached hydrogens (tertiary/aromatic N) is 3. The number of halogens is 1. The van der Waals surface area contributed by atoms with Crippen molar-refractivity contribution in [3.63, 3.8) is 0 Å². The molecule has 0 unspecified atom stereocenters. The van der Waals surface area contributed by atoms with E-state index in [-0.39, 0.29) is 0 Å². The molecule has 4 rings (SSSR count). The first kappa shape index (κ1) is 13.8. The minimum Gasteiger partial charge on any atom is -0.355 e. The summed E-state index contributed by atoms with van der Waals surface area (Å²) in [6.07, 6.45) is 1.95. The Morgan fingerprint density at radius 2 is 2.14 bits per heavy atom. The van der Waals surface area contributed by atoms with Crippen molar-refractivity contribution in [2.24, 2.45) is 0 Å². The van der Waals surface area contributed by atoms with Gasteiger partial charge in [0.1, 0.15) is 11.4 Å². The summed E-state index contributed by atoms with van der Waals surface area (Å²) in [6.45, 7) is 0.577. The number of hydrogen-bond donors (Lipinski definition) is 0. The van der Waals surface area contributed by atoms with Crippen molar-refractivity contribution in [1.82, 2.24) is 14.9 Å². The third-order valence-corrected chi connectivity index (χ3v) is 5.25. The monoisotopic (exact) mass is 347 g/mol. The summed E-state index contributed by atoms with van der Waals surface area (Å²) in [5.41, 5.74) is 1.81. The fraction of sp³-hybridized carbons (Fsp3) is 0.0667. The lowest BCUT2D eigenvalue weighted by Gasteiger charge is -1.95. The van der Waals surface area contributed by atoms with Crippen molar-refractivity contribution < 1.29 is 4.52 Å². The quantitative estimate of drug-likeness (QED) is 0.520. The second kappa shape index (κ2) is 5.72. The molecule has 0 bridgehead atoms. The standard InChI is InChI=1S/C15H10ClN3OS2/c16-15-4-3-14(22-15)12-8-10(18-20-12)9-19-6-5-11(17-19)13-2-1-7-21-13/h1-8H,9H2. The Morgan fingerprint density at radius 3 is 2.91 bits per heavy atom. The fourth-order valence-electron chi connectivity index (χ4n) is 2.12. The highest BCUT2D eigenvalue weighted by molar-refractivity contribution is 7.19. The molecule has 4 aromatic rings. The highest BCUT2D eigenvalue weighted by Crippen LogP contribution is 2.31. The second-order valence-corrected chi connectivity index (χ2v) is 7.32. The molecule has 0 saturated heterocycles. The SMILES string of the molecule is Clc1ccc(-c2cc(Cn3ccc(-c4cccs4)n3)no2)s1. The van der Waals surface area contributed by atoms with Crippen LogP contribution in [0.1, 0.15) is 5.69 Å². The lowest BCUT2D eigenvalue weighted by Crippen LogP contribution is -2.00. The summed E-state index contributed by atoms with van der Waals surface area (Å²) in [5.74, 6) is 0.734. The van der Waals surface area contributed by atoms with E-state index in [1.54, 1.807) is 11.3 Å². The summed E-state index contributed by atoms with van der Waals surface area (Å²) in [5, 5.41) is 10.7. The van der Waals surface area contributed by atoms with Crippen molar-refractivity contribution >= 4 is 34.3 Å². The van der Waals surface area contributed by atoms with Gasteiger partial charge in [-0.3, -0.25) is 4.68 Å². The van der Waals surface area contributed by atoms with Crippen LogP contribution in [0.2, 0.25) is 4.34 Å². The maximum absolute atomic E-state index is 5.94. The van der Waals surface area contributed by atoms with Crippen LogP contribution in [0.4, 0.5) is 0 Å². The van der Waals surface area contributed by atoms with Gasteiger partial charge < -0.3 is 4.52 Å². The molecule has 4 aromatic heterocycles. The highest BCUT2D eigenvalue weighted by atomic mass is 35.5. The normalized spacial score (nSPS) is 11.1. The van der Waals surface area contributed by atoms with Crippen LogP contribution in [-0.2, 0) is 6.54 Å². The van der Waals surface area contributed by atoms with Crippen LogP contribution in [0.25, 0.3) is 21.2 Å². The molecule has 0 N–H and O–H groups in total. The molecule has 0 saturated carbocycles. The molecule has 4 heterocycles. The van der Waals surface area contributed by atoms with Crippen LogP contribution in [0.3, 0.4) is 0 Å². The van der Waals surface area contributed by atoms with Crippen LogP contribution in [0.15, 0.2) is 52.5 Å². The van der Waals surface area contributed by atoms with Crippen LogP contribution < -0.4 is 0 Å². The van der Waals surface area contributed by atoms with E-state index < -0.39 is 0 Å². The van der Waals surface area contributed by atoms with E-state index >= 15 is 0 Å². The molecule has 7 heteroatoms. The van der Waals surface area contributed by atoms with Gasteiger partial charge in [-0.2, -0.15) is 5.10 Å². The molecule has 0 amide bonds. The van der Waals surface area contributed by atoms with E-state index in [1.807, 2.05) is 46.6 Å².